The van der Waals surface area contributed by atoms with Crippen LogP contribution in [0.1, 0.15) is 23.6 Å². The Kier molecular flexibility index (Phi) is 4.63. The molecular weight excluding hydrogens is 263 g/mol. The molecule has 2 nitrogen and oxygen atoms in total. The Morgan fingerprint density at radius 3 is 2.48 bits per heavy atom. The summed E-state index contributed by atoms with van der Waals surface area (Å²) in [4.78, 5) is 2.35. The van der Waals surface area contributed by atoms with E-state index in [4.69, 9.17) is 0 Å². The zero-order chi connectivity index (χ0) is 14.5. The molecule has 1 atom stereocenters. The van der Waals surface area contributed by atoms with Crippen molar-refractivity contribution in [3.63, 3.8) is 0 Å². The quantitative estimate of drug-likeness (QED) is 0.845. The molecule has 0 aliphatic carbocycles. The molecule has 1 unspecified atom stereocenters. The minimum atomic E-state index is -0.132. The predicted molar refractivity (Wildman–Crippen MR) is 82.7 cm³/mol. The lowest BCUT2D eigenvalue weighted by molar-refractivity contribution is 0.236. The van der Waals surface area contributed by atoms with Crippen molar-refractivity contribution in [1.29, 1.82) is 0 Å². The summed E-state index contributed by atoms with van der Waals surface area (Å²) in [5.41, 5.74) is 1.90. The summed E-state index contributed by atoms with van der Waals surface area (Å²) >= 11 is 0. The minimum absolute atomic E-state index is 0.0271. The molecule has 1 heterocycles. The van der Waals surface area contributed by atoms with Crippen LogP contribution in [0.15, 0.2) is 54.6 Å². The second-order valence-electron chi connectivity index (χ2n) is 5.40. The van der Waals surface area contributed by atoms with Gasteiger partial charge in [-0.05, 0) is 18.1 Å². The maximum Gasteiger partial charge on any atom is 0.128 e. The summed E-state index contributed by atoms with van der Waals surface area (Å²) in [6.07, 6.45) is 1.04. The number of nitrogens with zero attached hydrogens (tertiary/aromatic N) is 2. The van der Waals surface area contributed by atoms with Gasteiger partial charge >= 0.3 is 0 Å². The average molecular weight is 283 g/mol. The molecule has 0 spiro atoms. The van der Waals surface area contributed by atoms with Crippen molar-refractivity contribution >= 4 is 0 Å². The zero-order valence-electron chi connectivity index (χ0n) is 12.1. The summed E-state index contributed by atoms with van der Waals surface area (Å²) in [5.74, 6) is -0.132. The molecule has 0 bridgehead atoms. The smallest absolute Gasteiger partial charge is 0.128 e. The molecule has 1 radical (unpaired) electrons. The van der Waals surface area contributed by atoms with Crippen LogP contribution in [0.2, 0.25) is 0 Å². The molecular formula is C18H20FN2. The Morgan fingerprint density at radius 1 is 0.905 bits per heavy atom. The molecule has 1 aliphatic rings. The number of benzene rings is 2. The third-order valence-corrected chi connectivity index (χ3v) is 3.99. The molecule has 1 saturated heterocycles. The molecule has 3 heteroatoms. The van der Waals surface area contributed by atoms with Crippen LogP contribution >= 0.6 is 0 Å². The topological polar surface area (TPSA) is 17.3 Å². The summed E-state index contributed by atoms with van der Waals surface area (Å²) in [5, 5.41) is 4.48. The van der Waals surface area contributed by atoms with Crippen LogP contribution in [-0.2, 0) is 0 Å². The summed E-state index contributed by atoms with van der Waals surface area (Å²) in [6.45, 7) is 3.58. The van der Waals surface area contributed by atoms with Crippen LogP contribution in [0.4, 0.5) is 4.39 Å². The van der Waals surface area contributed by atoms with Gasteiger partial charge in [0.05, 0.1) is 6.04 Å². The van der Waals surface area contributed by atoms with Gasteiger partial charge in [-0.3, -0.25) is 4.90 Å². The molecule has 2 aromatic carbocycles. The van der Waals surface area contributed by atoms with E-state index in [1.165, 1.54) is 0 Å². The van der Waals surface area contributed by atoms with E-state index in [9.17, 15) is 4.39 Å². The fourth-order valence-electron chi connectivity index (χ4n) is 2.99. The molecule has 21 heavy (non-hydrogen) atoms. The second kappa shape index (κ2) is 6.83. The zero-order valence-corrected chi connectivity index (χ0v) is 12.1. The van der Waals surface area contributed by atoms with Crippen LogP contribution in [0, 0.1) is 5.82 Å². The fraction of sp³-hybridized carbons (Fsp3) is 0.333. The van der Waals surface area contributed by atoms with Crippen molar-refractivity contribution in [2.45, 2.75) is 12.5 Å². The van der Waals surface area contributed by atoms with Crippen LogP contribution < -0.4 is 5.32 Å². The molecule has 0 N–H and O–H groups in total. The number of rotatable bonds is 3. The lowest BCUT2D eigenvalue weighted by Gasteiger charge is -2.31. The highest BCUT2D eigenvalue weighted by Crippen LogP contribution is 2.30. The highest BCUT2D eigenvalue weighted by Gasteiger charge is 2.25. The first-order chi connectivity index (χ1) is 10.4. The average Bonchev–Trinajstić information content (AvgIpc) is 2.80. The number of halogens is 1. The molecule has 109 valence electrons. The van der Waals surface area contributed by atoms with E-state index < -0.39 is 0 Å². The number of hydrogen-bond donors (Lipinski definition) is 0. The van der Waals surface area contributed by atoms with Crippen LogP contribution in [0.5, 0.6) is 0 Å². The maximum absolute atomic E-state index is 14.3. The molecule has 0 amide bonds. The van der Waals surface area contributed by atoms with Gasteiger partial charge in [0, 0.05) is 31.7 Å². The van der Waals surface area contributed by atoms with Gasteiger partial charge in [0.1, 0.15) is 5.82 Å². The van der Waals surface area contributed by atoms with Crippen molar-refractivity contribution in [3.8, 4) is 0 Å². The van der Waals surface area contributed by atoms with Gasteiger partial charge in [0.25, 0.3) is 0 Å². The second-order valence-corrected chi connectivity index (χ2v) is 5.40. The van der Waals surface area contributed by atoms with E-state index in [0.29, 0.717) is 0 Å². The van der Waals surface area contributed by atoms with Crippen LogP contribution in [0.25, 0.3) is 0 Å². The van der Waals surface area contributed by atoms with Crippen molar-refractivity contribution in [1.82, 2.24) is 10.2 Å². The summed E-state index contributed by atoms with van der Waals surface area (Å²) < 4.78 is 14.3. The van der Waals surface area contributed by atoms with E-state index >= 15 is 0 Å². The van der Waals surface area contributed by atoms with Gasteiger partial charge in [-0.15, -0.1) is 0 Å². The van der Waals surface area contributed by atoms with Gasteiger partial charge < -0.3 is 0 Å². The van der Waals surface area contributed by atoms with Gasteiger partial charge in [0.2, 0.25) is 0 Å². The molecule has 1 aliphatic heterocycles. The third-order valence-electron chi connectivity index (χ3n) is 3.99. The Labute approximate surface area is 125 Å². The monoisotopic (exact) mass is 283 g/mol. The maximum atomic E-state index is 14.3. The summed E-state index contributed by atoms with van der Waals surface area (Å²) in [6, 6.07) is 17.3. The first kappa shape index (κ1) is 14.2. The van der Waals surface area contributed by atoms with Gasteiger partial charge in [-0.2, -0.15) is 0 Å². The standard InChI is InChI=1S/C18H20FN2/c19-17-10-5-4-9-16(17)18(15-7-2-1-3-8-15)21-13-6-11-20-12-14-21/h1-5,7-10,18H,6,11-14H2. The molecule has 2 aromatic rings. The first-order valence-corrected chi connectivity index (χ1v) is 7.53. The van der Waals surface area contributed by atoms with Crippen molar-refractivity contribution in [2.24, 2.45) is 0 Å². The van der Waals surface area contributed by atoms with Gasteiger partial charge in [-0.25, -0.2) is 9.71 Å². The normalized spacial score (nSPS) is 18.1. The van der Waals surface area contributed by atoms with Gasteiger partial charge in [-0.1, -0.05) is 48.5 Å². The lowest BCUT2D eigenvalue weighted by Crippen LogP contribution is -2.32. The van der Waals surface area contributed by atoms with Crippen molar-refractivity contribution in [3.05, 3.63) is 71.5 Å². The third kappa shape index (κ3) is 3.31. The SMILES string of the molecule is Fc1ccccc1C(c1ccccc1)N1CCC[N]CC1. The van der Waals surface area contributed by atoms with Crippen molar-refractivity contribution < 1.29 is 4.39 Å². The highest BCUT2D eigenvalue weighted by molar-refractivity contribution is 5.32. The molecule has 0 saturated carbocycles. The molecule has 1 fully saturated rings. The van der Waals surface area contributed by atoms with Crippen LogP contribution in [0.3, 0.4) is 0 Å². The van der Waals surface area contributed by atoms with Crippen molar-refractivity contribution in [2.75, 3.05) is 26.2 Å². The molecule has 0 aromatic heterocycles. The Morgan fingerprint density at radius 2 is 1.67 bits per heavy atom. The van der Waals surface area contributed by atoms with Gasteiger partial charge in [0.15, 0.2) is 0 Å². The van der Waals surface area contributed by atoms with E-state index in [-0.39, 0.29) is 11.9 Å². The Balaban J connectivity index is 2.00. The van der Waals surface area contributed by atoms with E-state index in [2.05, 4.69) is 22.3 Å². The Hall–Kier alpha value is -1.71. The number of hydrogen-bond acceptors (Lipinski definition) is 1. The predicted octanol–water partition coefficient (Wildman–Crippen LogP) is 3.23. The fourth-order valence-corrected chi connectivity index (χ4v) is 2.99. The van der Waals surface area contributed by atoms with E-state index in [0.717, 1.165) is 43.7 Å². The van der Waals surface area contributed by atoms with Crippen LogP contribution in [-0.4, -0.2) is 31.1 Å². The first-order valence-electron chi connectivity index (χ1n) is 7.53. The summed E-state index contributed by atoms with van der Waals surface area (Å²) in [7, 11) is 0. The minimum Gasteiger partial charge on any atom is -0.291 e. The Bertz CT molecular complexity index is 562. The van der Waals surface area contributed by atoms with E-state index in [1.807, 2.05) is 30.3 Å². The highest BCUT2D eigenvalue weighted by atomic mass is 19.1. The largest absolute Gasteiger partial charge is 0.291 e. The van der Waals surface area contributed by atoms with E-state index in [1.54, 1.807) is 12.1 Å². The lowest BCUT2D eigenvalue weighted by atomic mass is 9.96. The molecule has 3 rings (SSSR count).